The Hall–Kier alpha value is -0.390. The highest BCUT2D eigenvalue weighted by Crippen LogP contribution is 2.26. The summed E-state index contributed by atoms with van der Waals surface area (Å²) in [4.78, 5) is 0. The predicted octanol–water partition coefficient (Wildman–Crippen LogP) is 2.08. The predicted molar refractivity (Wildman–Crippen MR) is 71.1 cm³/mol. The lowest BCUT2D eigenvalue weighted by Gasteiger charge is -2.26. The van der Waals surface area contributed by atoms with Crippen LogP contribution in [-0.4, -0.2) is 34.2 Å². The molecule has 1 atom stereocenters. The quantitative estimate of drug-likeness (QED) is 0.875. The Morgan fingerprint density at radius 3 is 2.53 bits per heavy atom. The lowest BCUT2D eigenvalue weighted by molar-refractivity contribution is -0.0345. The van der Waals surface area contributed by atoms with Crippen LogP contribution in [0.1, 0.15) is 31.7 Å². The first-order valence-corrected chi connectivity index (χ1v) is 6.68. The van der Waals surface area contributed by atoms with Crippen LogP contribution in [0.25, 0.3) is 0 Å². The van der Waals surface area contributed by atoms with Crippen LogP contribution in [-0.2, 0) is 24.6 Å². The molecule has 5 heteroatoms. The van der Waals surface area contributed by atoms with Crippen molar-refractivity contribution in [3.8, 4) is 0 Å². The second kappa shape index (κ2) is 5.98. The van der Waals surface area contributed by atoms with Crippen LogP contribution in [0, 0.1) is 0 Å². The van der Waals surface area contributed by atoms with Gasteiger partial charge < -0.3 is 9.84 Å². The van der Waals surface area contributed by atoms with E-state index in [2.05, 4.69) is 28.0 Å². The Morgan fingerprint density at radius 2 is 2.12 bits per heavy atom. The van der Waals surface area contributed by atoms with Crippen LogP contribution in [0.15, 0.2) is 4.47 Å². The fraction of sp³-hybridized carbons (Fsp3) is 0.750. The molecule has 0 aliphatic carbocycles. The highest BCUT2D eigenvalue weighted by atomic mass is 79.9. The van der Waals surface area contributed by atoms with Gasteiger partial charge in [0, 0.05) is 20.6 Å². The van der Waals surface area contributed by atoms with E-state index in [0.717, 1.165) is 22.3 Å². The number of methoxy groups -OCH3 is 1. The average molecular weight is 305 g/mol. The van der Waals surface area contributed by atoms with Crippen molar-refractivity contribution in [3.05, 3.63) is 15.9 Å². The Labute approximate surface area is 111 Å². The molecule has 4 nitrogen and oxygen atoms in total. The minimum Gasteiger partial charge on any atom is -0.387 e. The molecule has 0 spiro atoms. The molecule has 1 heterocycles. The summed E-state index contributed by atoms with van der Waals surface area (Å²) in [5, 5.41) is 14.8. The maximum absolute atomic E-state index is 10.4. The fourth-order valence-electron chi connectivity index (χ4n) is 1.87. The molecule has 1 N–H and O–H groups in total. The first kappa shape index (κ1) is 14.7. The molecule has 0 radical (unpaired) electrons. The fourth-order valence-corrected chi connectivity index (χ4v) is 2.63. The number of aromatic nitrogens is 2. The number of aliphatic hydroxyl groups is 1. The van der Waals surface area contributed by atoms with Gasteiger partial charge in [-0.1, -0.05) is 13.8 Å². The summed E-state index contributed by atoms with van der Waals surface area (Å²) < 4.78 is 7.93. The van der Waals surface area contributed by atoms with Crippen molar-refractivity contribution in [1.29, 1.82) is 0 Å². The molecule has 0 bridgehead atoms. The van der Waals surface area contributed by atoms with Crippen molar-refractivity contribution in [2.45, 2.75) is 38.7 Å². The normalized spacial score (nSPS) is 14.9. The van der Waals surface area contributed by atoms with Crippen LogP contribution < -0.4 is 0 Å². The smallest absolute Gasteiger partial charge is 0.0932 e. The average Bonchev–Trinajstić information content (AvgIpc) is 2.57. The van der Waals surface area contributed by atoms with Crippen LogP contribution in [0.2, 0.25) is 0 Å². The Morgan fingerprint density at radius 1 is 1.47 bits per heavy atom. The summed E-state index contributed by atoms with van der Waals surface area (Å²) in [6.45, 7) is 4.37. The van der Waals surface area contributed by atoms with Crippen LogP contribution in [0.5, 0.6) is 0 Å². The number of hydrogen-bond acceptors (Lipinski definition) is 3. The van der Waals surface area contributed by atoms with E-state index in [1.807, 2.05) is 18.7 Å². The van der Waals surface area contributed by atoms with Crippen molar-refractivity contribution in [2.75, 3.05) is 13.7 Å². The number of hydrogen-bond donors (Lipinski definition) is 1. The van der Waals surface area contributed by atoms with Gasteiger partial charge >= 0.3 is 0 Å². The second-order valence-corrected chi connectivity index (χ2v) is 5.17. The molecule has 0 aliphatic rings. The zero-order valence-electron chi connectivity index (χ0n) is 11.0. The maximum atomic E-state index is 10.4. The summed E-state index contributed by atoms with van der Waals surface area (Å²) in [6, 6.07) is 0. The minimum atomic E-state index is -0.823. The van der Waals surface area contributed by atoms with E-state index in [4.69, 9.17) is 4.74 Å². The van der Waals surface area contributed by atoms with Gasteiger partial charge in [0.05, 0.1) is 28.1 Å². The zero-order chi connectivity index (χ0) is 13.1. The van der Waals surface area contributed by atoms with E-state index in [1.165, 1.54) is 0 Å². The molecular weight excluding hydrogens is 284 g/mol. The first-order valence-electron chi connectivity index (χ1n) is 5.89. The van der Waals surface area contributed by atoms with Gasteiger partial charge in [0.15, 0.2) is 0 Å². The van der Waals surface area contributed by atoms with Crippen molar-refractivity contribution in [2.24, 2.45) is 7.05 Å². The lowest BCUT2D eigenvalue weighted by atomic mass is 9.95. The third kappa shape index (κ3) is 3.30. The van der Waals surface area contributed by atoms with E-state index in [1.54, 1.807) is 7.11 Å². The van der Waals surface area contributed by atoms with Crippen LogP contribution in [0.3, 0.4) is 0 Å². The second-order valence-electron chi connectivity index (χ2n) is 4.37. The van der Waals surface area contributed by atoms with Gasteiger partial charge in [0.1, 0.15) is 0 Å². The molecule has 98 valence electrons. The van der Waals surface area contributed by atoms with E-state index >= 15 is 0 Å². The topological polar surface area (TPSA) is 47.3 Å². The molecule has 0 saturated heterocycles. The van der Waals surface area contributed by atoms with Crippen molar-refractivity contribution >= 4 is 15.9 Å². The van der Waals surface area contributed by atoms with E-state index in [-0.39, 0.29) is 0 Å². The van der Waals surface area contributed by atoms with Crippen molar-refractivity contribution < 1.29 is 9.84 Å². The standard InChI is InChI=1S/C12H21BrN2O2/c1-5-9-11(13)10(15(3)14-9)7-12(16,6-2)8-17-4/h16H,5-8H2,1-4H3. The lowest BCUT2D eigenvalue weighted by Crippen LogP contribution is -2.36. The van der Waals surface area contributed by atoms with E-state index < -0.39 is 5.60 Å². The van der Waals surface area contributed by atoms with Crippen LogP contribution >= 0.6 is 15.9 Å². The van der Waals surface area contributed by atoms with Gasteiger partial charge in [-0.25, -0.2) is 0 Å². The van der Waals surface area contributed by atoms with Gasteiger partial charge in [-0.15, -0.1) is 0 Å². The van der Waals surface area contributed by atoms with Gasteiger partial charge in [-0.3, -0.25) is 4.68 Å². The van der Waals surface area contributed by atoms with Gasteiger partial charge in [-0.05, 0) is 28.8 Å². The molecule has 17 heavy (non-hydrogen) atoms. The summed E-state index contributed by atoms with van der Waals surface area (Å²) in [7, 11) is 3.51. The SMILES string of the molecule is CCc1nn(C)c(CC(O)(CC)COC)c1Br. The molecule has 1 aromatic rings. The number of halogens is 1. The largest absolute Gasteiger partial charge is 0.387 e. The molecule has 0 aliphatic heterocycles. The number of ether oxygens (including phenoxy) is 1. The molecule has 1 aromatic heterocycles. The molecule has 0 aromatic carbocycles. The zero-order valence-corrected chi connectivity index (χ0v) is 12.5. The summed E-state index contributed by atoms with van der Waals surface area (Å²) >= 11 is 3.56. The van der Waals surface area contributed by atoms with Gasteiger partial charge in [0.2, 0.25) is 0 Å². The molecular formula is C12H21BrN2O2. The minimum absolute atomic E-state index is 0.336. The Balaban J connectivity index is 2.97. The summed E-state index contributed by atoms with van der Waals surface area (Å²) in [5.41, 5.74) is 1.22. The van der Waals surface area contributed by atoms with E-state index in [9.17, 15) is 5.11 Å². The van der Waals surface area contributed by atoms with Crippen LogP contribution in [0.4, 0.5) is 0 Å². The highest BCUT2D eigenvalue weighted by Gasteiger charge is 2.28. The van der Waals surface area contributed by atoms with Gasteiger partial charge in [-0.2, -0.15) is 5.10 Å². The third-order valence-corrected chi connectivity index (χ3v) is 3.99. The van der Waals surface area contributed by atoms with E-state index in [0.29, 0.717) is 19.4 Å². The Kier molecular flexibility index (Phi) is 5.16. The Bertz CT molecular complexity index is 379. The number of rotatable bonds is 6. The van der Waals surface area contributed by atoms with Crippen molar-refractivity contribution in [3.63, 3.8) is 0 Å². The highest BCUT2D eigenvalue weighted by molar-refractivity contribution is 9.10. The van der Waals surface area contributed by atoms with Crippen molar-refractivity contribution in [1.82, 2.24) is 9.78 Å². The molecule has 1 rings (SSSR count). The number of nitrogens with zero attached hydrogens (tertiary/aromatic N) is 2. The molecule has 0 saturated carbocycles. The van der Waals surface area contributed by atoms with Gasteiger partial charge in [0.25, 0.3) is 0 Å². The monoisotopic (exact) mass is 304 g/mol. The maximum Gasteiger partial charge on any atom is 0.0932 e. The molecule has 0 fully saturated rings. The summed E-state index contributed by atoms with van der Waals surface area (Å²) in [6.07, 6.45) is 2.07. The summed E-state index contributed by atoms with van der Waals surface area (Å²) in [5.74, 6) is 0. The molecule has 0 amide bonds. The molecule has 1 unspecified atom stereocenters. The first-order chi connectivity index (χ1) is 7.97. The number of aryl methyl sites for hydroxylation is 2. The third-order valence-electron chi connectivity index (χ3n) is 3.07.